The smallest absolute Gasteiger partial charge is 0.257 e. The van der Waals surface area contributed by atoms with Crippen LogP contribution in [-0.2, 0) is 10.4 Å². The van der Waals surface area contributed by atoms with Gasteiger partial charge in [0.1, 0.15) is 0 Å². The molecule has 0 aromatic heterocycles. The molecule has 2 aromatic carbocycles. The van der Waals surface area contributed by atoms with Crippen LogP contribution in [0.2, 0.25) is 0 Å². The van der Waals surface area contributed by atoms with Crippen LogP contribution in [0.4, 0.5) is 0 Å². The molecular formula is C26H32N2O2. The first-order valence-electron chi connectivity index (χ1n) is 11.5. The average Bonchev–Trinajstić information content (AvgIpc) is 3.22. The van der Waals surface area contributed by atoms with Crippen LogP contribution in [0.1, 0.15) is 49.8 Å². The highest BCUT2D eigenvalue weighted by atomic mass is 16.3. The molecule has 158 valence electrons. The molecule has 4 unspecified atom stereocenters. The number of nitrogens with one attached hydrogen (secondary N) is 1. The van der Waals surface area contributed by atoms with Gasteiger partial charge in [-0.25, -0.2) is 0 Å². The number of fused-ring (bicyclic) bond motifs is 1. The van der Waals surface area contributed by atoms with E-state index in [0.717, 1.165) is 44.3 Å². The predicted octanol–water partition coefficient (Wildman–Crippen LogP) is 3.87. The maximum absolute atomic E-state index is 13.4. The maximum Gasteiger partial charge on any atom is 0.257 e. The summed E-state index contributed by atoms with van der Waals surface area (Å²) >= 11 is 0. The second-order valence-corrected chi connectivity index (χ2v) is 9.48. The Morgan fingerprint density at radius 2 is 1.57 bits per heavy atom. The second kappa shape index (κ2) is 7.82. The van der Waals surface area contributed by atoms with E-state index in [1.165, 1.54) is 5.56 Å². The van der Waals surface area contributed by atoms with Crippen LogP contribution in [0.15, 0.2) is 60.7 Å². The Morgan fingerprint density at radius 3 is 2.17 bits per heavy atom. The number of hydrogen-bond acceptors (Lipinski definition) is 3. The van der Waals surface area contributed by atoms with Gasteiger partial charge >= 0.3 is 0 Å². The number of aliphatic hydroxyl groups is 1. The van der Waals surface area contributed by atoms with Crippen LogP contribution >= 0.6 is 0 Å². The first kappa shape index (κ1) is 19.8. The third-order valence-electron chi connectivity index (χ3n) is 7.86. The summed E-state index contributed by atoms with van der Waals surface area (Å²) in [6, 6.07) is 20.8. The minimum Gasteiger partial charge on any atom is -0.375 e. The molecule has 0 spiro atoms. The lowest BCUT2D eigenvalue weighted by Gasteiger charge is -2.34. The largest absolute Gasteiger partial charge is 0.375 e. The van der Waals surface area contributed by atoms with Crippen molar-refractivity contribution in [3.8, 4) is 0 Å². The normalized spacial score (nSPS) is 29.2. The first-order chi connectivity index (χ1) is 14.6. The first-order valence-corrected chi connectivity index (χ1v) is 11.5. The lowest BCUT2D eigenvalue weighted by molar-refractivity contribution is -0.147. The number of carbonyl (C=O) groups is 1. The van der Waals surface area contributed by atoms with Crippen LogP contribution in [0.3, 0.4) is 0 Å². The predicted molar refractivity (Wildman–Crippen MR) is 118 cm³/mol. The quantitative estimate of drug-likeness (QED) is 0.768. The third-order valence-corrected chi connectivity index (χ3v) is 7.86. The lowest BCUT2D eigenvalue weighted by Crippen LogP contribution is -2.51. The highest BCUT2D eigenvalue weighted by Crippen LogP contribution is 2.49. The van der Waals surface area contributed by atoms with Crippen LogP contribution in [0.5, 0.6) is 0 Å². The summed E-state index contributed by atoms with van der Waals surface area (Å²) in [7, 11) is 0. The van der Waals surface area contributed by atoms with Gasteiger partial charge in [-0.15, -0.1) is 0 Å². The molecule has 2 saturated carbocycles. The number of piperidine rings is 1. The third kappa shape index (κ3) is 3.36. The number of amides is 1. The Labute approximate surface area is 179 Å². The fourth-order valence-corrected chi connectivity index (χ4v) is 5.88. The number of rotatable bonds is 6. The van der Waals surface area contributed by atoms with Gasteiger partial charge in [-0.05, 0) is 42.7 Å². The molecule has 2 N–H and O–H groups in total. The van der Waals surface area contributed by atoms with Crippen LogP contribution < -0.4 is 5.32 Å². The molecule has 5 atom stereocenters. The highest BCUT2D eigenvalue weighted by Gasteiger charge is 2.59. The van der Waals surface area contributed by atoms with Gasteiger partial charge in [0, 0.05) is 31.1 Å². The van der Waals surface area contributed by atoms with Gasteiger partial charge in [0.15, 0.2) is 5.60 Å². The summed E-state index contributed by atoms with van der Waals surface area (Å²) in [5.74, 6) is 0.822. The lowest BCUT2D eigenvalue weighted by atomic mass is 9.79. The molecule has 3 aliphatic rings. The van der Waals surface area contributed by atoms with E-state index >= 15 is 0 Å². The summed E-state index contributed by atoms with van der Waals surface area (Å²) in [5.41, 5.74) is 0.671. The molecule has 2 aliphatic carbocycles. The van der Waals surface area contributed by atoms with Crippen molar-refractivity contribution >= 4 is 5.91 Å². The molecule has 1 aliphatic heterocycles. The van der Waals surface area contributed by atoms with Gasteiger partial charge in [0.2, 0.25) is 0 Å². The van der Waals surface area contributed by atoms with Crippen molar-refractivity contribution in [2.24, 2.45) is 17.8 Å². The molecule has 4 nitrogen and oxygen atoms in total. The molecule has 30 heavy (non-hydrogen) atoms. The van der Waals surface area contributed by atoms with E-state index in [9.17, 15) is 9.90 Å². The van der Waals surface area contributed by atoms with Crippen LogP contribution in [-0.4, -0.2) is 35.0 Å². The molecule has 5 rings (SSSR count). The molecule has 0 bridgehead atoms. The van der Waals surface area contributed by atoms with E-state index in [-0.39, 0.29) is 17.9 Å². The minimum atomic E-state index is -1.41. The van der Waals surface area contributed by atoms with Crippen molar-refractivity contribution < 1.29 is 9.90 Å². The molecular weight excluding hydrogens is 372 g/mol. The zero-order valence-corrected chi connectivity index (χ0v) is 17.7. The Balaban J connectivity index is 1.25. The fourth-order valence-electron chi connectivity index (χ4n) is 5.88. The van der Waals surface area contributed by atoms with Crippen molar-refractivity contribution in [3.05, 3.63) is 71.8 Å². The summed E-state index contributed by atoms with van der Waals surface area (Å²) in [6.07, 6.45) is 4.01. The van der Waals surface area contributed by atoms with Gasteiger partial charge in [0.05, 0.1) is 0 Å². The number of carbonyl (C=O) groups excluding carboxylic acids is 1. The molecule has 4 heteroatoms. The summed E-state index contributed by atoms with van der Waals surface area (Å²) in [4.78, 5) is 15.9. The summed E-state index contributed by atoms with van der Waals surface area (Å²) in [6.45, 7) is 4.29. The molecule has 3 fully saturated rings. The summed E-state index contributed by atoms with van der Waals surface area (Å²) < 4.78 is 0. The van der Waals surface area contributed by atoms with E-state index in [4.69, 9.17) is 0 Å². The number of nitrogens with zero attached hydrogens (tertiary/aromatic N) is 1. The van der Waals surface area contributed by atoms with Crippen molar-refractivity contribution in [2.45, 2.75) is 50.3 Å². The van der Waals surface area contributed by atoms with Crippen molar-refractivity contribution in [1.29, 1.82) is 0 Å². The summed E-state index contributed by atoms with van der Waals surface area (Å²) in [5, 5.41) is 14.9. The zero-order chi connectivity index (χ0) is 20.7. The SMILES string of the molecule is CC(c1ccccc1)N1CC2C(NC(=O)C(O)(c3ccccc3)C3CCCC3)[C@H]2C1. The zero-order valence-electron chi connectivity index (χ0n) is 17.7. The molecule has 1 amide bonds. The van der Waals surface area contributed by atoms with Gasteiger partial charge in [-0.3, -0.25) is 9.69 Å². The monoisotopic (exact) mass is 404 g/mol. The van der Waals surface area contributed by atoms with Crippen LogP contribution in [0.25, 0.3) is 0 Å². The average molecular weight is 405 g/mol. The second-order valence-electron chi connectivity index (χ2n) is 9.48. The van der Waals surface area contributed by atoms with Crippen molar-refractivity contribution in [1.82, 2.24) is 10.2 Å². The van der Waals surface area contributed by atoms with E-state index in [2.05, 4.69) is 47.5 Å². The van der Waals surface area contributed by atoms with E-state index in [1.54, 1.807) is 0 Å². The standard InChI is InChI=1S/C26H32N2O2/c1-18(19-10-4-2-5-11-19)28-16-22-23(17-28)24(22)27-25(29)26(30,21-14-8-9-15-21)20-12-6-3-7-13-20/h2-7,10-13,18,21-24,30H,8-9,14-17H2,1H3,(H,27,29)/t18?,22-,23?,24?,26?/m0/s1. The van der Waals surface area contributed by atoms with Crippen LogP contribution in [0, 0.1) is 17.8 Å². The van der Waals surface area contributed by atoms with E-state index < -0.39 is 5.60 Å². The number of likely N-dealkylation sites (tertiary alicyclic amines) is 1. The Bertz CT molecular complexity index is 868. The van der Waals surface area contributed by atoms with Gasteiger partial charge in [-0.1, -0.05) is 73.5 Å². The van der Waals surface area contributed by atoms with Crippen molar-refractivity contribution in [2.75, 3.05) is 13.1 Å². The molecule has 1 heterocycles. The van der Waals surface area contributed by atoms with Crippen molar-refractivity contribution in [3.63, 3.8) is 0 Å². The van der Waals surface area contributed by atoms with Gasteiger partial charge in [0.25, 0.3) is 5.91 Å². The van der Waals surface area contributed by atoms with E-state index in [1.807, 2.05) is 30.3 Å². The minimum absolute atomic E-state index is 0.00749. The Hall–Kier alpha value is -2.17. The highest BCUT2D eigenvalue weighted by molar-refractivity contribution is 5.87. The van der Waals surface area contributed by atoms with Gasteiger partial charge < -0.3 is 10.4 Å². The topological polar surface area (TPSA) is 52.6 Å². The Kier molecular flexibility index (Phi) is 5.16. The number of hydrogen-bond donors (Lipinski definition) is 2. The van der Waals surface area contributed by atoms with Gasteiger partial charge in [-0.2, -0.15) is 0 Å². The molecule has 2 aromatic rings. The molecule has 1 saturated heterocycles. The maximum atomic E-state index is 13.4. The molecule has 0 radical (unpaired) electrons. The number of benzene rings is 2. The van der Waals surface area contributed by atoms with E-state index in [0.29, 0.717) is 17.9 Å². The fraction of sp³-hybridized carbons (Fsp3) is 0.500. The Morgan fingerprint density at radius 1 is 1.00 bits per heavy atom.